The van der Waals surface area contributed by atoms with Gasteiger partial charge < -0.3 is 9.32 Å². The molecule has 2 heteroatoms. The Morgan fingerprint density at radius 1 is 0.648 bits per heavy atom. The van der Waals surface area contributed by atoms with Crippen molar-refractivity contribution in [2.24, 2.45) is 17.8 Å². The van der Waals surface area contributed by atoms with Crippen molar-refractivity contribution < 1.29 is 4.42 Å². The lowest BCUT2D eigenvalue weighted by molar-refractivity contribution is 0.507. The number of hydrogen-bond donors (Lipinski definition) is 0. The highest BCUT2D eigenvalue weighted by molar-refractivity contribution is 5.88. The Hall–Kier alpha value is -6.12. The van der Waals surface area contributed by atoms with Crippen LogP contribution in [0, 0.1) is 17.8 Å². The molecular weight excluding hydrogens is 655 g/mol. The summed E-state index contributed by atoms with van der Waals surface area (Å²) in [4.78, 5) is 2.39. The Labute approximate surface area is 318 Å². The highest BCUT2D eigenvalue weighted by Gasteiger charge is 2.34. The summed E-state index contributed by atoms with van der Waals surface area (Å²) >= 11 is 0. The molecule has 4 aliphatic rings. The first-order valence-electron chi connectivity index (χ1n) is 19.6. The van der Waals surface area contributed by atoms with Crippen LogP contribution in [-0.2, 0) is 0 Å². The van der Waals surface area contributed by atoms with Crippen LogP contribution in [0.1, 0.15) is 49.0 Å². The summed E-state index contributed by atoms with van der Waals surface area (Å²) in [5.41, 5.74) is 14.7. The average molecular weight is 698 g/mol. The van der Waals surface area contributed by atoms with Gasteiger partial charge in [-0.3, -0.25) is 0 Å². The van der Waals surface area contributed by atoms with Crippen LogP contribution >= 0.6 is 0 Å². The maximum absolute atomic E-state index is 6.46. The van der Waals surface area contributed by atoms with E-state index in [0.29, 0.717) is 23.7 Å². The molecule has 2 nitrogen and oxygen atoms in total. The zero-order valence-corrected chi connectivity index (χ0v) is 30.6. The predicted molar refractivity (Wildman–Crippen MR) is 226 cm³/mol. The Morgan fingerprint density at radius 3 is 2.02 bits per heavy atom. The molecule has 0 fully saturated rings. The molecule has 0 saturated carbocycles. The van der Waals surface area contributed by atoms with Crippen molar-refractivity contribution in [3.8, 4) is 22.3 Å². The molecular formula is C52H43NO. The largest absolute Gasteiger partial charge is 0.456 e. The highest BCUT2D eigenvalue weighted by atomic mass is 16.3. The number of fused-ring (bicyclic) bond motifs is 5. The third kappa shape index (κ3) is 5.74. The van der Waals surface area contributed by atoms with Crippen LogP contribution in [0.15, 0.2) is 192 Å². The van der Waals surface area contributed by atoms with E-state index in [9.17, 15) is 0 Å². The van der Waals surface area contributed by atoms with E-state index in [2.05, 4.69) is 194 Å². The van der Waals surface area contributed by atoms with Crippen LogP contribution in [0.2, 0.25) is 0 Å². The third-order valence-corrected chi connectivity index (χ3v) is 12.0. The molecule has 3 unspecified atom stereocenters. The van der Waals surface area contributed by atoms with Gasteiger partial charge in [0, 0.05) is 39.9 Å². The molecule has 0 amide bonds. The number of rotatable bonds is 7. The second-order valence-corrected chi connectivity index (χ2v) is 15.1. The van der Waals surface area contributed by atoms with Gasteiger partial charge in [-0.2, -0.15) is 0 Å². The second kappa shape index (κ2) is 13.7. The Balaban J connectivity index is 0.999. The van der Waals surface area contributed by atoms with Gasteiger partial charge in [0.2, 0.25) is 0 Å². The number of nitrogens with zero attached hydrogens (tertiary/aromatic N) is 1. The maximum Gasteiger partial charge on any atom is 0.135 e. The fourth-order valence-corrected chi connectivity index (χ4v) is 9.31. The summed E-state index contributed by atoms with van der Waals surface area (Å²) in [5.74, 6) is 2.78. The predicted octanol–water partition coefficient (Wildman–Crippen LogP) is 14.1. The lowest BCUT2D eigenvalue weighted by atomic mass is 9.73. The molecule has 10 rings (SSSR count). The first kappa shape index (κ1) is 32.5. The van der Waals surface area contributed by atoms with Crippen molar-refractivity contribution in [2.45, 2.75) is 32.1 Å². The van der Waals surface area contributed by atoms with Crippen molar-refractivity contribution in [1.29, 1.82) is 0 Å². The Morgan fingerprint density at radius 2 is 1.30 bits per heavy atom. The zero-order chi connectivity index (χ0) is 36.0. The number of para-hydroxylation sites is 1. The standard InChI is InChI=1S/C52H43NO/c1-2-45-48-32-31-44(33-41(48)34-51-52(45)49-16-8-9-18-50(49)54-51)53(42-27-23-37(24-28-42)35-11-4-3-5-12-35)43-29-25-38(26-30-43)36-19-21-40(22-20-36)47-17-10-14-39-13-6-7-15-46(39)47/h3-6,8-14,16-34,39,45-46,48H,2,7,15H2,1H3/t39?,45-,46?,48?/m0/s1. The quantitative estimate of drug-likeness (QED) is 0.154. The summed E-state index contributed by atoms with van der Waals surface area (Å²) in [7, 11) is 0. The monoisotopic (exact) mass is 697 g/mol. The van der Waals surface area contributed by atoms with Crippen LogP contribution in [0.5, 0.6) is 0 Å². The molecule has 5 aromatic carbocycles. The molecule has 262 valence electrons. The summed E-state index contributed by atoms with van der Waals surface area (Å²) < 4.78 is 6.46. The van der Waals surface area contributed by atoms with E-state index in [1.54, 1.807) is 0 Å². The summed E-state index contributed by atoms with van der Waals surface area (Å²) in [6, 6.07) is 46.3. The Kier molecular flexibility index (Phi) is 8.25. The van der Waals surface area contributed by atoms with E-state index >= 15 is 0 Å². The average Bonchev–Trinajstić information content (AvgIpc) is 3.61. The van der Waals surface area contributed by atoms with Gasteiger partial charge >= 0.3 is 0 Å². The summed E-state index contributed by atoms with van der Waals surface area (Å²) in [6.45, 7) is 2.30. The lowest BCUT2D eigenvalue weighted by Crippen LogP contribution is -2.22. The van der Waals surface area contributed by atoms with Gasteiger partial charge in [0.25, 0.3) is 0 Å². The number of furan rings is 1. The van der Waals surface area contributed by atoms with E-state index in [0.717, 1.165) is 41.3 Å². The molecule has 54 heavy (non-hydrogen) atoms. The number of allylic oxidation sites excluding steroid dienone is 10. The molecule has 0 N–H and O–H groups in total. The summed E-state index contributed by atoms with van der Waals surface area (Å²) in [6.07, 6.45) is 24.5. The molecule has 0 bridgehead atoms. The molecule has 4 atom stereocenters. The molecule has 0 saturated heterocycles. The van der Waals surface area contributed by atoms with Gasteiger partial charge in [-0.1, -0.05) is 140 Å². The first-order chi connectivity index (χ1) is 26.7. The van der Waals surface area contributed by atoms with Crippen molar-refractivity contribution in [1.82, 2.24) is 0 Å². The normalized spacial score (nSPS) is 21.1. The minimum absolute atomic E-state index is 0.306. The van der Waals surface area contributed by atoms with Gasteiger partial charge in [0.05, 0.1) is 0 Å². The Bertz CT molecular complexity index is 2520. The van der Waals surface area contributed by atoms with Crippen LogP contribution < -0.4 is 4.90 Å². The fraction of sp³-hybridized carbons (Fsp3) is 0.154. The van der Waals surface area contributed by atoms with Gasteiger partial charge in [-0.25, -0.2) is 0 Å². The molecule has 1 heterocycles. The van der Waals surface area contributed by atoms with Crippen molar-refractivity contribution >= 4 is 34.0 Å². The molecule has 1 aromatic heterocycles. The number of hydrogen-bond acceptors (Lipinski definition) is 2. The van der Waals surface area contributed by atoms with E-state index in [-0.39, 0.29) is 0 Å². The van der Waals surface area contributed by atoms with Crippen molar-refractivity contribution in [2.75, 3.05) is 4.90 Å². The molecule has 4 aliphatic carbocycles. The molecule has 0 radical (unpaired) electrons. The highest BCUT2D eigenvalue weighted by Crippen LogP contribution is 2.49. The zero-order valence-electron chi connectivity index (χ0n) is 30.6. The second-order valence-electron chi connectivity index (χ2n) is 15.1. The topological polar surface area (TPSA) is 16.4 Å². The minimum Gasteiger partial charge on any atom is -0.456 e. The van der Waals surface area contributed by atoms with Gasteiger partial charge in [-0.15, -0.1) is 0 Å². The smallest absolute Gasteiger partial charge is 0.135 e. The molecule has 0 spiro atoms. The van der Waals surface area contributed by atoms with Crippen molar-refractivity contribution in [3.63, 3.8) is 0 Å². The van der Waals surface area contributed by atoms with Crippen molar-refractivity contribution in [3.05, 3.63) is 204 Å². The van der Waals surface area contributed by atoms with Crippen LogP contribution in [0.3, 0.4) is 0 Å². The van der Waals surface area contributed by atoms with Gasteiger partial charge in [0.1, 0.15) is 11.3 Å². The summed E-state index contributed by atoms with van der Waals surface area (Å²) in [5, 5.41) is 1.24. The third-order valence-electron chi connectivity index (χ3n) is 12.0. The van der Waals surface area contributed by atoms with E-state index in [4.69, 9.17) is 4.42 Å². The van der Waals surface area contributed by atoms with E-state index in [1.165, 1.54) is 56.3 Å². The van der Waals surface area contributed by atoms with Crippen LogP contribution in [0.25, 0.3) is 44.9 Å². The number of anilines is 2. The maximum atomic E-state index is 6.46. The first-order valence-corrected chi connectivity index (χ1v) is 19.6. The molecule has 0 aliphatic heterocycles. The van der Waals surface area contributed by atoms with Gasteiger partial charge in [0.15, 0.2) is 0 Å². The molecule has 6 aromatic rings. The fourth-order valence-electron chi connectivity index (χ4n) is 9.31. The van der Waals surface area contributed by atoms with Gasteiger partial charge in [-0.05, 0) is 119 Å². The van der Waals surface area contributed by atoms with E-state index in [1.807, 2.05) is 0 Å². The minimum atomic E-state index is 0.306. The van der Waals surface area contributed by atoms with E-state index < -0.39 is 0 Å². The SMILES string of the molecule is CC[C@@H]1c2c(oc3ccccc23)C=C2C=C(N(c3ccc(-c4ccccc4)cc3)c3ccc(-c4ccc(C5=CC=CC6C=CCCC56)cc4)cc3)C=CC21. The number of benzene rings is 5. The lowest BCUT2D eigenvalue weighted by Gasteiger charge is -2.34. The van der Waals surface area contributed by atoms with Crippen LogP contribution in [-0.4, -0.2) is 0 Å². The van der Waals surface area contributed by atoms with Crippen LogP contribution in [0.4, 0.5) is 11.4 Å².